The van der Waals surface area contributed by atoms with Crippen LogP contribution in [-0.4, -0.2) is 35.7 Å². The predicted octanol–water partition coefficient (Wildman–Crippen LogP) is 1.92. The van der Waals surface area contributed by atoms with Crippen molar-refractivity contribution in [2.75, 3.05) is 19.7 Å². The average molecular weight is 254 g/mol. The van der Waals surface area contributed by atoms with E-state index in [4.69, 9.17) is 10.8 Å². The molecule has 18 heavy (non-hydrogen) atoms. The second-order valence-electron chi connectivity index (χ2n) is 4.80. The first-order valence-electron chi connectivity index (χ1n) is 6.40. The van der Waals surface area contributed by atoms with E-state index in [2.05, 4.69) is 18.7 Å². The highest BCUT2D eigenvalue weighted by Gasteiger charge is 2.12. The lowest BCUT2D eigenvalue weighted by molar-refractivity contribution is 0.161. The molecule has 3 N–H and O–H groups in total. The SMILES string of the molecule is CC(C)N(CCO)CCC(N)c1ccc(F)cc1. The van der Waals surface area contributed by atoms with Gasteiger partial charge in [0.25, 0.3) is 0 Å². The minimum Gasteiger partial charge on any atom is -0.395 e. The van der Waals surface area contributed by atoms with Gasteiger partial charge in [0, 0.05) is 25.2 Å². The largest absolute Gasteiger partial charge is 0.395 e. The molecule has 0 aliphatic heterocycles. The van der Waals surface area contributed by atoms with E-state index in [0.29, 0.717) is 12.6 Å². The molecule has 1 aromatic carbocycles. The molecule has 0 saturated carbocycles. The quantitative estimate of drug-likeness (QED) is 0.781. The molecule has 0 spiro atoms. The van der Waals surface area contributed by atoms with Gasteiger partial charge in [-0.2, -0.15) is 0 Å². The Bertz CT molecular complexity index is 340. The van der Waals surface area contributed by atoms with E-state index >= 15 is 0 Å². The Kier molecular flexibility index (Phi) is 6.25. The molecule has 4 heteroatoms. The first kappa shape index (κ1) is 15.1. The molecule has 0 saturated heterocycles. The van der Waals surface area contributed by atoms with Crippen molar-refractivity contribution in [2.24, 2.45) is 5.73 Å². The van der Waals surface area contributed by atoms with Gasteiger partial charge in [-0.15, -0.1) is 0 Å². The van der Waals surface area contributed by atoms with Crippen LogP contribution in [0, 0.1) is 5.82 Å². The van der Waals surface area contributed by atoms with Gasteiger partial charge >= 0.3 is 0 Å². The van der Waals surface area contributed by atoms with E-state index < -0.39 is 0 Å². The summed E-state index contributed by atoms with van der Waals surface area (Å²) in [5.74, 6) is -0.241. The van der Waals surface area contributed by atoms with Gasteiger partial charge < -0.3 is 10.8 Å². The van der Waals surface area contributed by atoms with Crippen LogP contribution in [-0.2, 0) is 0 Å². The second kappa shape index (κ2) is 7.46. The van der Waals surface area contributed by atoms with Crippen LogP contribution < -0.4 is 5.73 Å². The van der Waals surface area contributed by atoms with Crippen LogP contribution in [0.5, 0.6) is 0 Å². The Morgan fingerprint density at radius 3 is 2.33 bits per heavy atom. The van der Waals surface area contributed by atoms with Crippen molar-refractivity contribution >= 4 is 0 Å². The van der Waals surface area contributed by atoms with Gasteiger partial charge in [-0.25, -0.2) is 4.39 Å². The highest BCUT2D eigenvalue weighted by molar-refractivity contribution is 5.19. The van der Waals surface area contributed by atoms with Gasteiger partial charge in [-0.1, -0.05) is 12.1 Å². The van der Waals surface area contributed by atoms with Crippen LogP contribution in [0.25, 0.3) is 0 Å². The van der Waals surface area contributed by atoms with Crippen LogP contribution in [0.1, 0.15) is 31.9 Å². The summed E-state index contributed by atoms with van der Waals surface area (Å²) in [6, 6.07) is 6.62. The molecule has 102 valence electrons. The van der Waals surface area contributed by atoms with Crippen molar-refractivity contribution in [2.45, 2.75) is 32.4 Å². The molecule has 0 aromatic heterocycles. The van der Waals surface area contributed by atoms with E-state index in [1.807, 2.05) is 0 Å². The Morgan fingerprint density at radius 1 is 1.22 bits per heavy atom. The molecular weight excluding hydrogens is 231 g/mol. The van der Waals surface area contributed by atoms with Crippen molar-refractivity contribution in [3.63, 3.8) is 0 Å². The van der Waals surface area contributed by atoms with Crippen LogP contribution in [0.4, 0.5) is 4.39 Å². The standard InChI is InChI=1S/C14H23FN2O/c1-11(2)17(9-10-18)8-7-14(16)12-3-5-13(15)6-4-12/h3-6,11,14,18H,7-10,16H2,1-2H3. The van der Waals surface area contributed by atoms with Crippen LogP contribution in [0.2, 0.25) is 0 Å². The Labute approximate surface area is 108 Å². The molecule has 0 aliphatic rings. The molecule has 1 atom stereocenters. The molecule has 1 unspecified atom stereocenters. The van der Waals surface area contributed by atoms with E-state index in [0.717, 1.165) is 18.5 Å². The first-order chi connectivity index (χ1) is 8.54. The van der Waals surface area contributed by atoms with Crippen molar-refractivity contribution < 1.29 is 9.50 Å². The van der Waals surface area contributed by atoms with Crippen LogP contribution >= 0.6 is 0 Å². The molecule has 0 fully saturated rings. The lowest BCUT2D eigenvalue weighted by Crippen LogP contribution is -2.35. The summed E-state index contributed by atoms with van der Waals surface area (Å²) in [7, 11) is 0. The second-order valence-corrected chi connectivity index (χ2v) is 4.80. The Morgan fingerprint density at radius 2 is 1.83 bits per heavy atom. The van der Waals surface area contributed by atoms with E-state index in [1.54, 1.807) is 12.1 Å². The molecular formula is C14H23FN2O. The van der Waals surface area contributed by atoms with Crippen molar-refractivity contribution in [1.29, 1.82) is 0 Å². The fraction of sp³-hybridized carbons (Fsp3) is 0.571. The summed E-state index contributed by atoms with van der Waals surface area (Å²) in [6.07, 6.45) is 0.795. The van der Waals surface area contributed by atoms with Crippen molar-refractivity contribution in [3.05, 3.63) is 35.6 Å². The van der Waals surface area contributed by atoms with Gasteiger partial charge in [-0.3, -0.25) is 4.90 Å². The summed E-state index contributed by atoms with van der Waals surface area (Å²) < 4.78 is 12.8. The normalized spacial score (nSPS) is 13.3. The molecule has 1 rings (SSSR count). The average Bonchev–Trinajstić information content (AvgIpc) is 2.34. The smallest absolute Gasteiger partial charge is 0.123 e. The lowest BCUT2D eigenvalue weighted by atomic mass is 10.0. The topological polar surface area (TPSA) is 49.5 Å². The zero-order chi connectivity index (χ0) is 13.5. The van der Waals surface area contributed by atoms with Gasteiger partial charge in [-0.05, 0) is 38.0 Å². The number of hydrogen-bond acceptors (Lipinski definition) is 3. The number of aliphatic hydroxyl groups is 1. The summed E-state index contributed by atoms with van der Waals surface area (Å²) in [6.45, 7) is 5.84. The number of halogens is 1. The maximum Gasteiger partial charge on any atom is 0.123 e. The van der Waals surface area contributed by atoms with E-state index in [9.17, 15) is 4.39 Å². The fourth-order valence-electron chi connectivity index (χ4n) is 1.94. The molecule has 0 aliphatic carbocycles. The highest BCUT2D eigenvalue weighted by atomic mass is 19.1. The number of nitrogens with zero attached hydrogens (tertiary/aromatic N) is 1. The number of hydrogen-bond donors (Lipinski definition) is 2. The lowest BCUT2D eigenvalue weighted by Gasteiger charge is -2.26. The monoisotopic (exact) mass is 254 g/mol. The first-order valence-corrected chi connectivity index (χ1v) is 6.40. The van der Waals surface area contributed by atoms with Crippen molar-refractivity contribution in [3.8, 4) is 0 Å². The number of benzene rings is 1. The minimum absolute atomic E-state index is 0.0921. The highest BCUT2D eigenvalue weighted by Crippen LogP contribution is 2.15. The third-order valence-electron chi connectivity index (χ3n) is 3.14. The summed E-state index contributed by atoms with van der Waals surface area (Å²) in [4.78, 5) is 2.18. The third-order valence-corrected chi connectivity index (χ3v) is 3.14. The van der Waals surface area contributed by atoms with E-state index in [-0.39, 0.29) is 18.5 Å². The Hall–Kier alpha value is -0.970. The molecule has 0 amide bonds. The maximum atomic E-state index is 12.8. The van der Waals surface area contributed by atoms with Crippen LogP contribution in [0.3, 0.4) is 0 Å². The Balaban J connectivity index is 2.48. The number of aliphatic hydroxyl groups excluding tert-OH is 1. The summed E-state index contributed by atoms with van der Waals surface area (Å²) in [5.41, 5.74) is 7.03. The molecule has 0 bridgehead atoms. The van der Waals surface area contributed by atoms with Gasteiger partial charge in [0.05, 0.1) is 6.61 Å². The van der Waals surface area contributed by atoms with Crippen molar-refractivity contribution in [1.82, 2.24) is 4.90 Å². The molecule has 0 heterocycles. The van der Waals surface area contributed by atoms with Gasteiger partial charge in [0.2, 0.25) is 0 Å². The fourth-order valence-corrected chi connectivity index (χ4v) is 1.94. The van der Waals surface area contributed by atoms with Gasteiger partial charge in [0.1, 0.15) is 5.82 Å². The number of rotatable bonds is 7. The van der Waals surface area contributed by atoms with E-state index in [1.165, 1.54) is 12.1 Å². The van der Waals surface area contributed by atoms with Crippen LogP contribution in [0.15, 0.2) is 24.3 Å². The molecule has 1 aromatic rings. The summed E-state index contributed by atoms with van der Waals surface area (Å²) >= 11 is 0. The summed E-state index contributed by atoms with van der Waals surface area (Å²) in [5, 5.41) is 8.98. The molecule has 0 radical (unpaired) electrons. The maximum absolute atomic E-state index is 12.8. The zero-order valence-corrected chi connectivity index (χ0v) is 11.1. The van der Waals surface area contributed by atoms with Gasteiger partial charge in [0.15, 0.2) is 0 Å². The predicted molar refractivity (Wildman–Crippen MR) is 71.7 cm³/mol. The third kappa shape index (κ3) is 4.72. The zero-order valence-electron chi connectivity index (χ0n) is 11.1. The molecule has 3 nitrogen and oxygen atoms in total. The number of nitrogens with two attached hydrogens (primary N) is 1. The minimum atomic E-state index is -0.241.